The zero-order chi connectivity index (χ0) is 14.3. The zero-order valence-corrected chi connectivity index (χ0v) is 11.3. The second-order valence-electron chi connectivity index (χ2n) is 4.44. The molecule has 0 atom stereocenters. The third-order valence-electron chi connectivity index (χ3n) is 2.86. The van der Waals surface area contributed by atoms with Gasteiger partial charge in [-0.3, -0.25) is 4.98 Å². The maximum absolute atomic E-state index is 11.1. The van der Waals surface area contributed by atoms with Crippen LogP contribution in [0.2, 0.25) is 5.02 Å². The lowest BCUT2D eigenvalue weighted by Crippen LogP contribution is -1.94. The smallest absolute Gasteiger partial charge is 0.417 e. The molecule has 0 aliphatic rings. The van der Waals surface area contributed by atoms with Crippen molar-refractivity contribution in [2.75, 3.05) is 5.73 Å². The van der Waals surface area contributed by atoms with Crippen LogP contribution in [-0.4, -0.2) is 4.98 Å². The number of hydrogen-bond donors (Lipinski definition) is 2. The van der Waals surface area contributed by atoms with Gasteiger partial charge in [0.05, 0.1) is 16.2 Å². The van der Waals surface area contributed by atoms with Gasteiger partial charge < -0.3 is 14.9 Å². The van der Waals surface area contributed by atoms with Crippen LogP contribution in [0.1, 0.15) is 5.56 Å². The van der Waals surface area contributed by atoms with E-state index in [0.717, 1.165) is 5.56 Å². The van der Waals surface area contributed by atoms with Crippen molar-refractivity contribution < 1.29 is 9.15 Å². The van der Waals surface area contributed by atoms with Crippen molar-refractivity contribution >= 4 is 28.4 Å². The van der Waals surface area contributed by atoms with Crippen LogP contribution in [0.3, 0.4) is 0 Å². The molecule has 2 aromatic carbocycles. The SMILES string of the molecule is Cc1ccc(Oc2cc3[nH]c(=O)oc3cc2N)c(Cl)c1. The monoisotopic (exact) mass is 290 g/mol. The lowest BCUT2D eigenvalue weighted by Gasteiger charge is -2.10. The highest BCUT2D eigenvalue weighted by molar-refractivity contribution is 6.32. The summed E-state index contributed by atoms with van der Waals surface area (Å²) in [6, 6.07) is 8.58. The van der Waals surface area contributed by atoms with Crippen molar-refractivity contribution in [1.29, 1.82) is 0 Å². The quantitative estimate of drug-likeness (QED) is 0.708. The molecule has 6 heteroatoms. The average molecular weight is 291 g/mol. The van der Waals surface area contributed by atoms with Gasteiger partial charge in [-0.05, 0) is 24.6 Å². The van der Waals surface area contributed by atoms with Crippen molar-refractivity contribution in [1.82, 2.24) is 4.98 Å². The van der Waals surface area contributed by atoms with Gasteiger partial charge >= 0.3 is 5.76 Å². The van der Waals surface area contributed by atoms with Crippen LogP contribution in [0, 0.1) is 6.92 Å². The first-order chi connectivity index (χ1) is 9.52. The lowest BCUT2D eigenvalue weighted by atomic mass is 10.2. The van der Waals surface area contributed by atoms with Gasteiger partial charge in [-0.1, -0.05) is 17.7 Å². The van der Waals surface area contributed by atoms with Crippen LogP contribution in [0.15, 0.2) is 39.5 Å². The molecular formula is C14H11ClN2O3. The summed E-state index contributed by atoms with van der Waals surface area (Å²) in [4.78, 5) is 13.7. The largest absolute Gasteiger partial charge is 0.454 e. The van der Waals surface area contributed by atoms with Gasteiger partial charge in [0.1, 0.15) is 5.75 Å². The van der Waals surface area contributed by atoms with E-state index in [4.69, 9.17) is 26.5 Å². The molecule has 0 spiro atoms. The highest BCUT2D eigenvalue weighted by Crippen LogP contribution is 2.34. The number of nitrogen functional groups attached to an aromatic ring is 1. The summed E-state index contributed by atoms with van der Waals surface area (Å²) >= 11 is 6.11. The first-order valence-corrected chi connectivity index (χ1v) is 6.27. The molecule has 3 rings (SSSR count). The number of hydrogen-bond acceptors (Lipinski definition) is 4. The molecule has 0 aliphatic heterocycles. The Kier molecular flexibility index (Phi) is 2.91. The van der Waals surface area contributed by atoms with Crippen LogP contribution < -0.4 is 16.2 Å². The average Bonchev–Trinajstić information content (AvgIpc) is 2.72. The number of aromatic amines is 1. The topological polar surface area (TPSA) is 81.2 Å². The fraction of sp³-hybridized carbons (Fsp3) is 0.0714. The Bertz CT molecular complexity index is 851. The van der Waals surface area contributed by atoms with E-state index in [1.807, 2.05) is 13.0 Å². The molecule has 0 fully saturated rings. The summed E-state index contributed by atoms with van der Waals surface area (Å²) in [6.45, 7) is 1.94. The minimum absolute atomic E-state index is 0.358. The van der Waals surface area contributed by atoms with Crippen LogP contribution in [0.25, 0.3) is 11.1 Å². The molecule has 3 aromatic rings. The second-order valence-corrected chi connectivity index (χ2v) is 4.84. The number of aryl methyl sites for hydroxylation is 1. The number of oxazole rings is 1. The van der Waals surface area contributed by atoms with E-state index < -0.39 is 5.76 Å². The van der Waals surface area contributed by atoms with E-state index >= 15 is 0 Å². The predicted molar refractivity (Wildman–Crippen MR) is 77.5 cm³/mol. The fourth-order valence-electron chi connectivity index (χ4n) is 1.89. The molecular weight excluding hydrogens is 280 g/mol. The summed E-state index contributed by atoms with van der Waals surface area (Å²) in [6.07, 6.45) is 0. The van der Waals surface area contributed by atoms with Crippen LogP contribution >= 0.6 is 11.6 Å². The van der Waals surface area contributed by atoms with E-state index in [0.29, 0.717) is 33.3 Å². The third kappa shape index (κ3) is 2.23. The molecule has 20 heavy (non-hydrogen) atoms. The number of fused-ring (bicyclic) bond motifs is 1. The summed E-state index contributed by atoms with van der Waals surface area (Å²) in [5.74, 6) is 0.361. The summed E-state index contributed by atoms with van der Waals surface area (Å²) < 4.78 is 10.6. The molecule has 0 bridgehead atoms. The van der Waals surface area contributed by atoms with Crippen LogP contribution in [-0.2, 0) is 0 Å². The predicted octanol–water partition coefficient (Wildman–Crippen LogP) is 3.46. The van der Waals surface area contributed by atoms with Crippen LogP contribution in [0.5, 0.6) is 11.5 Å². The lowest BCUT2D eigenvalue weighted by molar-refractivity contribution is 0.485. The van der Waals surface area contributed by atoms with E-state index in [9.17, 15) is 4.79 Å². The summed E-state index contributed by atoms with van der Waals surface area (Å²) in [5, 5.41) is 0.491. The number of halogens is 1. The Morgan fingerprint density at radius 3 is 2.80 bits per heavy atom. The Morgan fingerprint density at radius 1 is 1.25 bits per heavy atom. The first-order valence-electron chi connectivity index (χ1n) is 5.89. The Hall–Kier alpha value is -2.40. The number of ether oxygens (including phenoxy) is 1. The van der Waals surface area contributed by atoms with E-state index in [2.05, 4.69) is 4.98 Å². The maximum Gasteiger partial charge on any atom is 0.417 e. The molecule has 1 heterocycles. The van der Waals surface area contributed by atoms with E-state index in [-0.39, 0.29) is 0 Å². The van der Waals surface area contributed by atoms with Crippen molar-refractivity contribution in [2.45, 2.75) is 6.92 Å². The zero-order valence-electron chi connectivity index (χ0n) is 10.6. The van der Waals surface area contributed by atoms with Crippen LogP contribution in [0.4, 0.5) is 5.69 Å². The number of aromatic nitrogens is 1. The number of anilines is 1. The van der Waals surface area contributed by atoms with Crippen molar-refractivity contribution in [3.05, 3.63) is 51.5 Å². The summed E-state index contributed by atoms with van der Waals surface area (Å²) in [7, 11) is 0. The number of rotatable bonds is 2. The molecule has 0 aliphatic carbocycles. The van der Waals surface area contributed by atoms with Gasteiger partial charge in [0.15, 0.2) is 11.3 Å². The Balaban J connectivity index is 2.05. The highest BCUT2D eigenvalue weighted by atomic mass is 35.5. The number of H-pyrrole nitrogens is 1. The molecule has 5 nitrogen and oxygen atoms in total. The van der Waals surface area contributed by atoms with Gasteiger partial charge in [0, 0.05) is 12.1 Å². The molecule has 0 unspecified atom stereocenters. The number of benzene rings is 2. The third-order valence-corrected chi connectivity index (χ3v) is 3.15. The van der Waals surface area contributed by atoms with Gasteiger partial charge in [0.25, 0.3) is 0 Å². The first kappa shape index (κ1) is 12.6. The number of nitrogens with one attached hydrogen (secondary N) is 1. The molecule has 1 aromatic heterocycles. The van der Waals surface area contributed by atoms with E-state index in [1.54, 1.807) is 18.2 Å². The standard InChI is InChI=1S/C14H11ClN2O3/c1-7-2-3-11(8(15)4-7)19-12-6-10-13(5-9(12)16)20-14(18)17-10/h2-6H,16H2,1H3,(H,17,18). The Morgan fingerprint density at radius 2 is 2.05 bits per heavy atom. The Labute approximate surface area is 118 Å². The van der Waals surface area contributed by atoms with Gasteiger partial charge in [-0.2, -0.15) is 0 Å². The van der Waals surface area contributed by atoms with Gasteiger partial charge in [-0.25, -0.2) is 4.79 Å². The highest BCUT2D eigenvalue weighted by Gasteiger charge is 2.10. The fourth-order valence-corrected chi connectivity index (χ4v) is 2.16. The number of nitrogens with two attached hydrogens (primary N) is 1. The summed E-state index contributed by atoms with van der Waals surface area (Å²) in [5.41, 5.74) is 8.17. The minimum Gasteiger partial charge on any atom is -0.454 e. The molecule has 0 saturated carbocycles. The second kappa shape index (κ2) is 4.61. The minimum atomic E-state index is -0.537. The van der Waals surface area contributed by atoms with Crippen molar-refractivity contribution in [3.8, 4) is 11.5 Å². The molecule has 102 valence electrons. The molecule has 3 N–H and O–H groups in total. The maximum atomic E-state index is 11.1. The molecule has 0 radical (unpaired) electrons. The van der Waals surface area contributed by atoms with Gasteiger partial charge in [-0.15, -0.1) is 0 Å². The van der Waals surface area contributed by atoms with Crippen molar-refractivity contribution in [3.63, 3.8) is 0 Å². The molecule has 0 saturated heterocycles. The normalized spacial score (nSPS) is 10.9. The van der Waals surface area contributed by atoms with E-state index in [1.165, 1.54) is 6.07 Å². The van der Waals surface area contributed by atoms with Gasteiger partial charge in [0.2, 0.25) is 0 Å². The molecule has 0 amide bonds. The van der Waals surface area contributed by atoms with Crippen molar-refractivity contribution in [2.24, 2.45) is 0 Å².